The molecule has 1 heterocycles. The van der Waals surface area contributed by atoms with Crippen molar-refractivity contribution in [2.45, 2.75) is 39.5 Å². The Labute approximate surface area is 102 Å². The number of nitrogens with zero attached hydrogens (tertiary/aromatic N) is 1. The molecule has 0 amide bonds. The van der Waals surface area contributed by atoms with Crippen molar-refractivity contribution < 1.29 is 14.7 Å². The quantitative estimate of drug-likeness (QED) is 0.802. The van der Waals surface area contributed by atoms with E-state index in [9.17, 15) is 9.59 Å². The molecule has 0 spiro atoms. The number of hydrogen-bond donors (Lipinski definition) is 1. The van der Waals surface area contributed by atoms with Crippen LogP contribution in [0, 0.1) is 0 Å². The van der Waals surface area contributed by atoms with Crippen LogP contribution in [0.2, 0.25) is 0 Å². The van der Waals surface area contributed by atoms with Crippen molar-refractivity contribution in [2.75, 3.05) is 0 Å². The minimum atomic E-state index is -1.06. The number of rotatable bonds is 2. The van der Waals surface area contributed by atoms with Crippen molar-refractivity contribution in [3.05, 3.63) is 30.1 Å². The number of pyridine rings is 1. The molecule has 0 unspecified atom stereocenters. The maximum absolute atomic E-state index is 9.87. The van der Waals surface area contributed by atoms with Gasteiger partial charge in [0.2, 0.25) is 0 Å². The number of carbonyl (C=O) groups excluding carboxylic acids is 1. The van der Waals surface area contributed by atoms with Crippen molar-refractivity contribution in [3.8, 4) is 0 Å². The van der Waals surface area contributed by atoms with Crippen LogP contribution in [0.5, 0.6) is 0 Å². The summed E-state index contributed by atoms with van der Waals surface area (Å²) >= 11 is 0. The van der Waals surface area contributed by atoms with Crippen LogP contribution in [0.25, 0.3) is 0 Å². The van der Waals surface area contributed by atoms with Gasteiger partial charge in [-0.15, -0.1) is 0 Å². The summed E-state index contributed by atoms with van der Waals surface area (Å²) in [6.07, 6.45) is 1.47. The lowest BCUT2D eigenvalue weighted by molar-refractivity contribution is -0.139. The first kappa shape index (κ1) is 15.3. The lowest BCUT2D eigenvalue weighted by Gasteiger charge is -2.16. The molecule has 0 bridgehead atoms. The number of Topliss-reactive ketones (excluding diaryl/α,β-unsaturated/α-hetero) is 1. The van der Waals surface area contributed by atoms with E-state index < -0.39 is 5.97 Å². The highest BCUT2D eigenvalue weighted by atomic mass is 16.4. The Kier molecular flexibility index (Phi) is 6.10. The number of ketones is 1. The molecule has 1 rings (SSSR count). The van der Waals surface area contributed by atoms with Crippen LogP contribution in [0.15, 0.2) is 24.4 Å². The Morgan fingerprint density at radius 1 is 1.29 bits per heavy atom. The fourth-order valence-electron chi connectivity index (χ4n) is 1.02. The van der Waals surface area contributed by atoms with Crippen molar-refractivity contribution in [2.24, 2.45) is 0 Å². The molecule has 17 heavy (non-hydrogen) atoms. The molecule has 1 aromatic rings. The molecule has 0 aliphatic carbocycles. The second-order valence-corrected chi connectivity index (χ2v) is 4.74. The largest absolute Gasteiger partial charge is 0.481 e. The summed E-state index contributed by atoms with van der Waals surface area (Å²) in [7, 11) is 0. The number of carboxylic acids is 1. The van der Waals surface area contributed by atoms with Gasteiger partial charge in [0.15, 0.2) is 0 Å². The van der Waals surface area contributed by atoms with Gasteiger partial charge in [-0.3, -0.25) is 14.6 Å². The highest BCUT2D eigenvalue weighted by Gasteiger charge is 2.13. The molecule has 0 atom stereocenters. The third-order valence-corrected chi connectivity index (χ3v) is 1.83. The van der Waals surface area contributed by atoms with E-state index in [1.807, 2.05) is 18.3 Å². The minimum absolute atomic E-state index is 0.182. The fraction of sp³-hybridized carbons (Fsp3) is 0.462. The first-order valence-electron chi connectivity index (χ1n) is 5.36. The standard InChI is InChI=1S/C9H13N.C4H6O3/c1-9(2,3)8-6-4-5-7-10-8;1-3(5)2-4(6)7/h4-7H,1-3H3;2H2,1H3,(H,6,7). The molecule has 4 nitrogen and oxygen atoms in total. The lowest BCUT2D eigenvalue weighted by Crippen LogP contribution is -2.12. The van der Waals surface area contributed by atoms with E-state index in [2.05, 4.69) is 31.8 Å². The zero-order valence-corrected chi connectivity index (χ0v) is 10.7. The fourth-order valence-corrected chi connectivity index (χ4v) is 1.02. The summed E-state index contributed by atoms with van der Waals surface area (Å²) in [6.45, 7) is 7.73. The van der Waals surface area contributed by atoms with E-state index in [1.54, 1.807) is 0 Å². The molecular weight excluding hydrogens is 218 g/mol. The van der Waals surface area contributed by atoms with Gasteiger partial charge in [-0.2, -0.15) is 0 Å². The molecule has 4 heteroatoms. The van der Waals surface area contributed by atoms with Crippen LogP contribution in [0.1, 0.15) is 39.8 Å². The normalized spacial score (nSPS) is 10.1. The van der Waals surface area contributed by atoms with Gasteiger partial charge in [0.05, 0.1) is 0 Å². The van der Waals surface area contributed by atoms with Gasteiger partial charge in [-0.25, -0.2) is 0 Å². The van der Waals surface area contributed by atoms with Gasteiger partial charge in [0.25, 0.3) is 0 Å². The molecular formula is C13H19NO3. The highest BCUT2D eigenvalue weighted by molar-refractivity contribution is 5.93. The molecule has 1 N–H and O–H groups in total. The van der Waals surface area contributed by atoms with E-state index in [0.717, 1.165) is 5.69 Å². The summed E-state index contributed by atoms with van der Waals surface area (Å²) in [5.74, 6) is -1.37. The average molecular weight is 237 g/mol. The van der Waals surface area contributed by atoms with Gasteiger partial charge >= 0.3 is 5.97 Å². The van der Waals surface area contributed by atoms with Crippen LogP contribution >= 0.6 is 0 Å². The molecule has 0 aliphatic rings. The smallest absolute Gasteiger partial charge is 0.310 e. The topological polar surface area (TPSA) is 67.3 Å². The summed E-state index contributed by atoms with van der Waals surface area (Å²) in [6, 6.07) is 6.02. The molecule has 0 aromatic carbocycles. The van der Waals surface area contributed by atoms with Crippen molar-refractivity contribution >= 4 is 11.8 Å². The summed E-state index contributed by atoms with van der Waals surface area (Å²) in [4.78, 5) is 23.7. The summed E-state index contributed by atoms with van der Waals surface area (Å²) in [5.41, 5.74) is 1.33. The van der Waals surface area contributed by atoms with Gasteiger partial charge in [0.1, 0.15) is 12.2 Å². The molecule has 94 valence electrons. The molecule has 0 fully saturated rings. The maximum Gasteiger partial charge on any atom is 0.310 e. The van der Waals surface area contributed by atoms with Crippen LogP contribution in [-0.2, 0) is 15.0 Å². The predicted molar refractivity (Wildman–Crippen MR) is 65.9 cm³/mol. The first-order valence-corrected chi connectivity index (χ1v) is 5.36. The zero-order chi connectivity index (χ0) is 13.5. The number of carbonyl (C=O) groups is 2. The van der Waals surface area contributed by atoms with Crippen LogP contribution in [0.3, 0.4) is 0 Å². The van der Waals surface area contributed by atoms with E-state index >= 15 is 0 Å². The maximum atomic E-state index is 9.87. The third-order valence-electron chi connectivity index (χ3n) is 1.83. The van der Waals surface area contributed by atoms with Crippen molar-refractivity contribution in [1.82, 2.24) is 4.98 Å². The van der Waals surface area contributed by atoms with Crippen molar-refractivity contribution in [1.29, 1.82) is 0 Å². The second-order valence-electron chi connectivity index (χ2n) is 4.74. The van der Waals surface area contributed by atoms with Crippen LogP contribution in [0.4, 0.5) is 0 Å². The number of hydrogen-bond acceptors (Lipinski definition) is 3. The van der Waals surface area contributed by atoms with E-state index in [0.29, 0.717) is 0 Å². The monoisotopic (exact) mass is 237 g/mol. The summed E-state index contributed by atoms with van der Waals surface area (Å²) < 4.78 is 0. The van der Waals surface area contributed by atoms with Crippen LogP contribution < -0.4 is 0 Å². The summed E-state index contributed by atoms with van der Waals surface area (Å²) in [5, 5.41) is 7.86. The van der Waals surface area contributed by atoms with E-state index in [-0.39, 0.29) is 17.6 Å². The first-order chi connectivity index (χ1) is 7.73. The predicted octanol–water partition coefficient (Wildman–Crippen LogP) is 2.43. The molecule has 1 aromatic heterocycles. The Morgan fingerprint density at radius 2 is 1.88 bits per heavy atom. The minimum Gasteiger partial charge on any atom is -0.481 e. The molecule has 0 aliphatic heterocycles. The highest BCUT2D eigenvalue weighted by Crippen LogP contribution is 2.18. The average Bonchev–Trinajstić information content (AvgIpc) is 2.16. The second kappa shape index (κ2) is 6.78. The Balaban J connectivity index is 0.000000325. The molecule has 0 saturated heterocycles. The van der Waals surface area contributed by atoms with Gasteiger partial charge in [-0.1, -0.05) is 26.8 Å². The van der Waals surface area contributed by atoms with Gasteiger partial charge < -0.3 is 5.11 Å². The van der Waals surface area contributed by atoms with E-state index in [4.69, 9.17) is 5.11 Å². The third kappa shape index (κ3) is 8.13. The zero-order valence-electron chi connectivity index (χ0n) is 10.7. The van der Waals surface area contributed by atoms with Gasteiger partial charge in [-0.05, 0) is 19.1 Å². The molecule has 0 radical (unpaired) electrons. The Bertz CT molecular complexity index is 354. The molecule has 0 saturated carbocycles. The number of aromatic nitrogens is 1. The Hall–Kier alpha value is -1.71. The number of aliphatic carboxylic acids is 1. The number of carboxylic acid groups (broad SMARTS) is 1. The Morgan fingerprint density at radius 3 is 2.06 bits per heavy atom. The van der Waals surface area contributed by atoms with Crippen LogP contribution in [-0.4, -0.2) is 21.8 Å². The van der Waals surface area contributed by atoms with Gasteiger partial charge in [0, 0.05) is 17.3 Å². The SMILES string of the molecule is CC(=O)CC(=O)O.CC(C)(C)c1ccccn1. The van der Waals surface area contributed by atoms with E-state index in [1.165, 1.54) is 6.92 Å². The lowest BCUT2D eigenvalue weighted by atomic mass is 9.92. The van der Waals surface area contributed by atoms with Crippen molar-refractivity contribution in [3.63, 3.8) is 0 Å².